The molecule has 1 N–H and O–H groups in total. The number of methoxy groups -OCH3 is 1. The van der Waals surface area contributed by atoms with Gasteiger partial charge in [0.2, 0.25) is 11.8 Å². The Balaban J connectivity index is 1.24. The van der Waals surface area contributed by atoms with Crippen LogP contribution in [0, 0.1) is 0 Å². The van der Waals surface area contributed by atoms with Gasteiger partial charge in [0.25, 0.3) is 0 Å². The summed E-state index contributed by atoms with van der Waals surface area (Å²) in [5.41, 5.74) is 3.16. The van der Waals surface area contributed by atoms with Crippen LogP contribution in [0.5, 0.6) is 5.75 Å². The number of aromatic nitrogens is 1. The van der Waals surface area contributed by atoms with Crippen molar-refractivity contribution in [3.05, 3.63) is 71.2 Å². The first-order valence-electron chi connectivity index (χ1n) is 11.3. The Labute approximate surface area is 198 Å². The summed E-state index contributed by atoms with van der Waals surface area (Å²) in [5, 5.41) is 6.04. The minimum absolute atomic E-state index is 0.0375. The number of thiazole rings is 1. The number of carbonyl (C=O) groups excluding carboxylic acids is 2. The fraction of sp³-hybridized carbons (Fsp3) is 0.346. The number of hydrogen-bond donors (Lipinski definition) is 1. The van der Waals surface area contributed by atoms with Crippen LogP contribution in [0.2, 0.25) is 0 Å². The number of nitrogens with zero attached hydrogens (tertiary/aromatic N) is 2. The van der Waals surface area contributed by atoms with E-state index < -0.39 is 0 Å². The molecule has 7 heteroatoms. The second kappa shape index (κ2) is 11.1. The SMILES string of the molecule is COc1ccc(CCC(=O)N2CCCC2C(=O)NCCc2csc(-c3ccccc3)n2)cc1. The van der Waals surface area contributed by atoms with E-state index >= 15 is 0 Å². The van der Waals surface area contributed by atoms with Crippen LogP contribution in [0.1, 0.15) is 30.5 Å². The van der Waals surface area contributed by atoms with Gasteiger partial charge in [-0.2, -0.15) is 0 Å². The van der Waals surface area contributed by atoms with E-state index in [1.54, 1.807) is 23.3 Å². The van der Waals surface area contributed by atoms with Crippen molar-refractivity contribution in [3.8, 4) is 16.3 Å². The maximum absolute atomic E-state index is 12.8. The molecule has 2 amide bonds. The first kappa shape index (κ1) is 23.0. The molecule has 1 saturated heterocycles. The van der Waals surface area contributed by atoms with Crippen molar-refractivity contribution < 1.29 is 14.3 Å². The summed E-state index contributed by atoms with van der Waals surface area (Å²) in [6, 6.07) is 17.5. The molecule has 2 aromatic carbocycles. The number of aryl methyl sites for hydroxylation is 1. The Bertz CT molecular complexity index is 1070. The molecule has 0 spiro atoms. The lowest BCUT2D eigenvalue weighted by atomic mass is 10.1. The zero-order chi connectivity index (χ0) is 23.0. The lowest BCUT2D eigenvalue weighted by Crippen LogP contribution is -2.46. The monoisotopic (exact) mass is 463 g/mol. The van der Waals surface area contributed by atoms with Crippen molar-refractivity contribution in [3.63, 3.8) is 0 Å². The number of hydrogen-bond acceptors (Lipinski definition) is 5. The summed E-state index contributed by atoms with van der Waals surface area (Å²) in [7, 11) is 1.63. The Morgan fingerprint density at radius 3 is 2.67 bits per heavy atom. The second-order valence-electron chi connectivity index (χ2n) is 8.14. The van der Waals surface area contributed by atoms with Crippen LogP contribution in [0.3, 0.4) is 0 Å². The Kier molecular flexibility index (Phi) is 7.73. The largest absolute Gasteiger partial charge is 0.497 e. The highest BCUT2D eigenvalue weighted by molar-refractivity contribution is 7.13. The Hall–Kier alpha value is -3.19. The molecule has 1 aliphatic rings. The van der Waals surface area contributed by atoms with Crippen LogP contribution < -0.4 is 10.1 Å². The first-order chi connectivity index (χ1) is 16.1. The third kappa shape index (κ3) is 5.99. The summed E-state index contributed by atoms with van der Waals surface area (Å²) in [5.74, 6) is 0.773. The number of benzene rings is 2. The second-order valence-corrected chi connectivity index (χ2v) is 9.00. The van der Waals surface area contributed by atoms with Gasteiger partial charge in [-0.1, -0.05) is 42.5 Å². The maximum atomic E-state index is 12.8. The number of nitrogens with one attached hydrogen (secondary N) is 1. The molecule has 0 bridgehead atoms. The highest BCUT2D eigenvalue weighted by atomic mass is 32.1. The van der Waals surface area contributed by atoms with Gasteiger partial charge in [0.05, 0.1) is 12.8 Å². The third-order valence-electron chi connectivity index (χ3n) is 5.92. The fourth-order valence-corrected chi connectivity index (χ4v) is 4.95. The summed E-state index contributed by atoms with van der Waals surface area (Å²) >= 11 is 1.61. The van der Waals surface area contributed by atoms with E-state index in [1.807, 2.05) is 60.0 Å². The van der Waals surface area contributed by atoms with Gasteiger partial charge in [-0.25, -0.2) is 4.98 Å². The van der Waals surface area contributed by atoms with Crippen LogP contribution >= 0.6 is 11.3 Å². The predicted molar refractivity (Wildman–Crippen MR) is 130 cm³/mol. The van der Waals surface area contributed by atoms with E-state index in [1.165, 1.54) is 0 Å². The first-order valence-corrected chi connectivity index (χ1v) is 12.2. The minimum Gasteiger partial charge on any atom is -0.497 e. The molecule has 1 aromatic heterocycles. The maximum Gasteiger partial charge on any atom is 0.242 e. The van der Waals surface area contributed by atoms with Crippen LogP contribution in [0.4, 0.5) is 0 Å². The predicted octanol–water partition coefficient (Wildman–Crippen LogP) is 4.10. The van der Waals surface area contributed by atoms with Crippen LogP contribution in [-0.2, 0) is 22.4 Å². The average molecular weight is 464 g/mol. The highest BCUT2D eigenvalue weighted by Gasteiger charge is 2.33. The average Bonchev–Trinajstić information content (AvgIpc) is 3.54. The van der Waals surface area contributed by atoms with E-state index in [0.29, 0.717) is 32.4 Å². The zero-order valence-corrected chi connectivity index (χ0v) is 19.6. The molecule has 1 aliphatic heterocycles. The van der Waals surface area contributed by atoms with E-state index in [2.05, 4.69) is 10.3 Å². The Morgan fingerprint density at radius 1 is 1.12 bits per heavy atom. The molecule has 172 valence electrons. The highest BCUT2D eigenvalue weighted by Crippen LogP contribution is 2.23. The van der Waals surface area contributed by atoms with E-state index in [9.17, 15) is 9.59 Å². The number of carbonyl (C=O) groups is 2. The molecule has 4 rings (SSSR count). The summed E-state index contributed by atoms with van der Waals surface area (Å²) in [6.45, 7) is 1.16. The van der Waals surface area contributed by atoms with Gasteiger partial charge in [0.1, 0.15) is 16.8 Å². The summed E-state index contributed by atoms with van der Waals surface area (Å²) in [6.07, 6.45) is 3.31. The van der Waals surface area contributed by atoms with E-state index in [0.717, 1.165) is 40.4 Å². The topological polar surface area (TPSA) is 71.5 Å². The van der Waals surface area contributed by atoms with E-state index in [4.69, 9.17) is 4.74 Å². The number of rotatable bonds is 9. The molecule has 0 aliphatic carbocycles. The molecular formula is C26H29N3O3S. The van der Waals surface area contributed by atoms with Crippen LogP contribution in [-0.4, -0.2) is 47.9 Å². The number of likely N-dealkylation sites (tertiary alicyclic amines) is 1. The molecule has 0 radical (unpaired) electrons. The summed E-state index contributed by atoms with van der Waals surface area (Å²) in [4.78, 5) is 32.0. The lowest BCUT2D eigenvalue weighted by Gasteiger charge is -2.24. The van der Waals surface area contributed by atoms with Gasteiger partial charge >= 0.3 is 0 Å². The van der Waals surface area contributed by atoms with Crippen molar-refractivity contribution in [2.24, 2.45) is 0 Å². The molecule has 1 unspecified atom stereocenters. The quantitative estimate of drug-likeness (QED) is 0.519. The van der Waals surface area contributed by atoms with Gasteiger partial charge in [-0.05, 0) is 37.0 Å². The van der Waals surface area contributed by atoms with Gasteiger partial charge in [0, 0.05) is 36.9 Å². The smallest absolute Gasteiger partial charge is 0.242 e. The van der Waals surface area contributed by atoms with Crippen molar-refractivity contribution in [1.29, 1.82) is 0 Å². The number of amides is 2. The molecule has 0 saturated carbocycles. The van der Waals surface area contributed by atoms with Crippen molar-refractivity contribution in [2.75, 3.05) is 20.2 Å². The number of ether oxygens (including phenoxy) is 1. The van der Waals surface area contributed by atoms with Gasteiger partial charge in [-0.3, -0.25) is 9.59 Å². The summed E-state index contributed by atoms with van der Waals surface area (Å²) < 4.78 is 5.18. The van der Waals surface area contributed by atoms with Crippen LogP contribution in [0.25, 0.3) is 10.6 Å². The third-order valence-corrected chi connectivity index (χ3v) is 6.86. The van der Waals surface area contributed by atoms with Gasteiger partial charge < -0.3 is 15.0 Å². The molecule has 3 aromatic rings. The molecule has 1 fully saturated rings. The molecule has 6 nitrogen and oxygen atoms in total. The standard InChI is InChI=1S/C26H29N3O3S/c1-32-22-12-9-19(10-13-22)11-14-24(30)29-17-5-8-23(29)25(31)27-16-15-21-18-33-26(28-21)20-6-3-2-4-7-20/h2-4,6-7,9-10,12-13,18,23H,5,8,11,14-17H2,1H3,(H,27,31). The molecule has 1 atom stereocenters. The zero-order valence-electron chi connectivity index (χ0n) is 18.8. The minimum atomic E-state index is -0.372. The lowest BCUT2D eigenvalue weighted by molar-refractivity contribution is -0.138. The van der Waals surface area contributed by atoms with Gasteiger partial charge in [0.15, 0.2) is 0 Å². The fourth-order valence-electron chi connectivity index (χ4n) is 4.09. The van der Waals surface area contributed by atoms with Crippen molar-refractivity contribution >= 4 is 23.2 Å². The van der Waals surface area contributed by atoms with Crippen LogP contribution in [0.15, 0.2) is 60.0 Å². The normalized spacial score (nSPS) is 15.4. The van der Waals surface area contributed by atoms with Crippen molar-refractivity contribution in [1.82, 2.24) is 15.2 Å². The van der Waals surface area contributed by atoms with Gasteiger partial charge in [-0.15, -0.1) is 11.3 Å². The molecular weight excluding hydrogens is 434 g/mol. The van der Waals surface area contributed by atoms with E-state index in [-0.39, 0.29) is 17.9 Å². The molecule has 33 heavy (non-hydrogen) atoms. The Morgan fingerprint density at radius 2 is 1.91 bits per heavy atom. The van der Waals surface area contributed by atoms with Crippen molar-refractivity contribution in [2.45, 2.75) is 38.1 Å². The molecule has 2 heterocycles.